The van der Waals surface area contributed by atoms with Gasteiger partial charge in [0.25, 0.3) is 5.91 Å². The third-order valence-corrected chi connectivity index (χ3v) is 3.50. The summed E-state index contributed by atoms with van der Waals surface area (Å²) in [7, 11) is 0. The van der Waals surface area contributed by atoms with Crippen molar-refractivity contribution in [1.29, 1.82) is 5.26 Å². The van der Waals surface area contributed by atoms with Crippen molar-refractivity contribution in [3.63, 3.8) is 0 Å². The Kier molecular flexibility index (Phi) is 5.79. The Labute approximate surface area is 131 Å². The first-order valence-electron chi connectivity index (χ1n) is 7.54. The van der Waals surface area contributed by atoms with E-state index in [-0.39, 0.29) is 17.4 Å². The normalized spacial score (nSPS) is 17.6. The van der Waals surface area contributed by atoms with E-state index in [1.807, 2.05) is 13.0 Å². The highest BCUT2D eigenvalue weighted by atomic mass is 16.5. The Bertz CT molecular complexity index is 609. The first-order valence-corrected chi connectivity index (χ1v) is 7.54. The quantitative estimate of drug-likeness (QED) is 0.510. The average Bonchev–Trinajstić information content (AvgIpc) is 2.55. The summed E-state index contributed by atoms with van der Waals surface area (Å²) in [5.74, 6) is 0.664. The lowest BCUT2D eigenvalue weighted by Crippen LogP contribution is -2.15. The van der Waals surface area contributed by atoms with Crippen molar-refractivity contribution >= 4 is 11.6 Å². The van der Waals surface area contributed by atoms with Gasteiger partial charge in [0.2, 0.25) is 0 Å². The second-order valence-electron chi connectivity index (χ2n) is 5.15. The van der Waals surface area contributed by atoms with E-state index in [2.05, 4.69) is 17.5 Å². The van der Waals surface area contributed by atoms with Crippen molar-refractivity contribution in [1.82, 2.24) is 0 Å². The highest BCUT2D eigenvalue weighted by molar-refractivity contribution is 6.06. The molecule has 4 heteroatoms. The van der Waals surface area contributed by atoms with Gasteiger partial charge < -0.3 is 10.1 Å². The molecule has 0 spiro atoms. The molecule has 1 aliphatic carbocycles. The zero-order chi connectivity index (χ0) is 15.8. The van der Waals surface area contributed by atoms with Crippen molar-refractivity contribution in [2.75, 3.05) is 11.9 Å². The molecule has 0 aliphatic heterocycles. The maximum atomic E-state index is 12.2. The lowest BCUT2D eigenvalue weighted by molar-refractivity contribution is -0.112. The molecule has 0 aromatic heterocycles. The average molecular weight is 296 g/mol. The van der Waals surface area contributed by atoms with Crippen LogP contribution in [0.3, 0.4) is 0 Å². The zero-order valence-electron chi connectivity index (χ0n) is 12.7. The summed E-state index contributed by atoms with van der Waals surface area (Å²) in [4.78, 5) is 12.2. The van der Waals surface area contributed by atoms with Gasteiger partial charge >= 0.3 is 0 Å². The first-order chi connectivity index (χ1) is 10.7. The third-order valence-electron chi connectivity index (χ3n) is 3.50. The van der Waals surface area contributed by atoms with Gasteiger partial charge in [-0.3, -0.25) is 4.79 Å². The third kappa shape index (κ3) is 4.49. The smallest absolute Gasteiger partial charge is 0.265 e. The molecule has 114 valence electrons. The maximum Gasteiger partial charge on any atom is 0.265 e. The lowest BCUT2D eigenvalue weighted by atomic mass is 9.92. The van der Waals surface area contributed by atoms with Gasteiger partial charge in [-0.15, -0.1) is 0 Å². The molecule has 1 aromatic carbocycles. The number of nitrogens with zero attached hydrogens (tertiary/aromatic N) is 1. The second kappa shape index (κ2) is 8.04. The van der Waals surface area contributed by atoms with E-state index >= 15 is 0 Å². The monoisotopic (exact) mass is 296 g/mol. The van der Waals surface area contributed by atoms with Crippen LogP contribution in [-0.4, -0.2) is 12.5 Å². The van der Waals surface area contributed by atoms with Crippen molar-refractivity contribution in [3.8, 4) is 11.8 Å². The Balaban J connectivity index is 2.01. The van der Waals surface area contributed by atoms with E-state index in [0.29, 0.717) is 12.3 Å². The van der Waals surface area contributed by atoms with E-state index in [1.165, 1.54) is 0 Å². The molecule has 0 saturated carbocycles. The SMILES string of the molecule is CCOc1ccc(NC(=O)/C(C#N)=C\[C@@H]2CC=CCC2)cc1. The molecular weight excluding hydrogens is 276 g/mol. The van der Waals surface area contributed by atoms with Gasteiger partial charge in [-0.05, 0) is 56.4 Å². The summed E-state index contributed by atoms with van der Waals surface area (Å²) in [5, 5.41) is 12.0. The standard InChI is InChI=1S/C18H20N2O2/c1-2-22-17-10-8-16(9-11-17)20-18(21)15(13-19)12-14-6-4-3-5-7-14/h3-4,8-12,14H,2,5-7H2,1H3,(H,20,21)/b15-12-/t14-/m1/s1. The van der Waals surface area contributed by atoms with Gasteiger partial charge in [0, 0.05) is 5.69 Å². The van der Waals surface area contributed by atoms with E-state index in [0.717, 1.165) is 25.0 Å². The molecule has 2 rings (SSSR count). The molecular formula is C18H20N2O2. The van der Waals surface area contributed by atoms with Crippen LogP contribution in [0.1, 0.15) is 26.2 Å². The van der Waals surface area contributed by atoms with E-state index in [4.69, 9.17) is 4.74 Å². The van der Waals surface area contributed by atoms with Crippen LogP contribution in [-0.2, 0) is 4.79 Å². The largest absolute Gasteiger partial charge is 0.494 e. The van der Waals surface area contributed by atoms with Gasteiger partial charge in [0.1, 0.15) is 17.4 Å². The predicted molar refractivity (Wildman–Crippen MR) is 86.4 cm³/mol. The number of carbonyl (C=O) groups excluding carboxylic acids is 1. The molecule has 4 nitrogen and oxygen atoms in total. The molecule has 0 bridgehead atoms. The fourth-order valence-corrected chi connectivity index (χ4v) is 2.37. The summed E-state index contributed by atoms with van der Waals surface area (Å²) in [6, 6.07) is 9.12. The van der Waals surface area contributed by atoms with Gasteiger partial charge in [-0.2, -0.15) is 5.26 Å². The minimum absolute atomic E-state index is 0.175. The fourth-order valence-electron chi connectivity index (χ4n) is 2.37. The molecule has 0 fully saturated rings. The Morgan fingerprint density at radius 1 is 1.41 bits per heavy atom. The summed E-state index contributed by atoms with van der Waals surface area (Å²) in [5.41, 5.74) is 0.826. The van der Waals surface area contributed by atoms with Gasteiger partial charge in [-0.1, -0.05) is 18.2 Å². The molecule has 0 saturated heterocycles. The van der Waals surface area contributed by atoms with Crippen molar-refractivity contribution in [3.05, 3.63) is 48.1 Å². The minimum atomic E-state index is -0.360. The summed E-state index contributed by atoms with van der Waals surface area (Å²) >= 11 is 0. The zero-order valence-corrected chi connectivity index (χ0v) is 12.7. The number of hydrogen-bond acceptors (Lipinski definition) is 3. The Morgan fingerprint density at radius 3 is 2.77 bits per heavy atom. The molecule has 0 radical (unpaired) electrons. The van der Waals surface area contributed by atoms with Crippen LogP contribution in [0.2, 0.25) is 0 Å². The lowest BCUT2D eigenvalue weighted by Gasteiger charge is -2.14. The van der Waals surface area contributed by atoms with Crippen LogP contribution in [0.25, 0.3) is 0 Å². The van der Waals surface area contributed by atoms with Crippen LogP contribution >= 0.6 is 0 Å². The van der Waals surface area contributed by atoms with Crippen molar-refractivity contribution < 1.29 is 9.53 Å². The van der Waals surface area contributed by atoms with E-state index in [9.17, 15) is 10.1 Å². The number of anilines is 1. The highest BCUT2D eigenvalue weighted by Gasteiger charge is 2.14. The highest BCUT2D eigenvalue weighted by Crippen LogP contribution is 2.21. The van der Waals surface area contributed by atoms with Crippen LogP contribution in [0, 0.1) is 17.2 Å². The molecule has 1 aliphatic rings. The number of benzene rings is 1. The second-order valence-corrected chi connectivity index (χ2v) is 5.15. The number of ether oxygens (including phenoxy) is 1. The fraction of sp³-hybridized carbons (Fsp3) is 0.333. The Morgan fingerprint density at radius 2 is 2.18 bits per heavy atom. The molecule has 0 heterocycles. The van der Waals surface area contributed by atoms with Crippen LogP contribution in [0.15, 0.2) is 48.1 Å². The van der Waals surface area contributed by atoms with Crippen LogP contribution in [0.4, 0.5) is 5.69 Å². The number of hydrogen-bond donors (Lipinski definition) is 1. The van der Waals surface area contributed by atoms with E-state index in [1.54, 1.807) is 30.3 Å². The number of amides is 1. The molecule has 1 aromatic rings. The molecule has 22 heavy (non-hydrogen) atoms. The van der Waals surface area contributed by atoms with Crippen LogP contribution in [0.5, 0.6) is 5.75 Å². The topological polar surface area (TPSA) is 62.1 Å². The summed E-state index contributed by atoms with van der Waals surface area (Å²) < 4.78 is 5.35. The van der Waals surface area contributed by atoms with Gasteiger partial charge in [0.15, 0.2) is 0 Å². The number of allylic oxidation sites excluding steroid dienone is 3. The number of nitrogens with one attached hydrogen (secondary N) is 1. The number of carbonyl (C=O) groups is 1. The van der Waals surface area contributed by atoms with E-state index < -0.39 is 0 Å². The number of rotatable bonds is 5. The summed E-state index contributed by atoms with van der Waals surface area (Å²) in [6.45, 7) is 2.52. The minimum Gasteiger partial charge on any atom is -0.494 e. The first kappa shape index (κ1) is 15.8. The maximum absolute atomic E-state index is 12.2. The van der Waals surface area contributed by atoms with Crippen molar-refractivity contribution in [2.45, 2.75) is 26.2 Å². The van der Waals surface area contributed by atoms with Crippen LogP contribution < -0.4 is 10.1 Å². The van der Waals surface area contributed by atoms with Gasteiger partial charge in [-0.25, -0.2) is 0 Å². The predicted octanol–water partition coefficient (Wildman–Crippen LogP) is 3.83. The molecule has 1 atom stereocenters. The summed E-state index contributed by atoms with van der Waals surface area (Å²) in [6.07, 6.45) is 8.90. The molecule has 0 unspecified atom stereocenters. The van der Waals surface area contributed by atoms with Crippen molar-refractivity contribution in [2.24, 2.45) is 5.92 Å². The number of nitriles is 1. The molecule has 1 N–H and O–H groups in total. The van der Waals surface area contributed by atoms with Gasteiger partial charge in [0.05, 0.1) is 6.61 Å². The molecule has 1 amide bonds. The Hall–Kier alpha value is -2.54.